The quantitative estimate of drug-likeness (QED) is 0.550. The summed E-state index contributed by atoms with van der Waals surface area (Å²) < 4.78 is 37.0. The van der Waals surface area contributed by atoms with Crippen molar-refractivity contribution in [3.05, 3.63) is 53.6 Å². The summed E-state index contributed by atoms with van der Waals surface area (Å²) in [5.74, 6) is 0.151. The molecule has 2 aromatic rings. The zero-order valence-electron chi connectivity index (χ0n) is 19.9. The van der Waals surface area contributed by atoms with Crippen molar-refractivity contribution in [2.45, 2.75) is 39.8 Å². The van der Waals surface area contributed by atoms with E-state index in [4.69, 9.17) is 9.47 Å². The van der Waals surface area contributed by atoms with E-state index in [0.717, 1.165) is 21.7 Å². The molecule has 0 bridgehead atoms. The molecule has 0 aromatic heterocycles. The number of carbonyl (C=O) groups excluding carboxylic acids is 2. The lowest BCUT2D eigenvalue weighted by atomic mass is 10.1. The summed E-state index contributed by atoms with van der Waals surface area (Å²) in [6, 6.07) is 11.6. The lowest BCUT2D eigenvalue weighted by molar-refractivity contribution is -0.140. The number of nitrogens with one attached hydrogen (secondary N) is 1. The van der Waals surface area contributed by atoms with Gasteiger partial charge in [0.1, 0.15) is 12.6 Å². The molecule has 1 N–H and O–H groups in total. The Kier molecular flexibility index (Phi) is 8.03. The number of rotatable bonds is 10. The molecule has 34 heavy (non-hydrogen) atoms. The average molecular weight is 490 g/mol. The van der Waals surface area contributed by atoms with E-state index in [-0.39, 0.29) is 24.9 Å². The van der Waals surface area contributed by atoms with E-state index in [9.17, 15) is 18.0 Å². The molecular formula is C24H31N3O6S. The molecule has 0 saturated heterocycles. The van der Waals surface area contributed by atoms with E-state index in [0.29, 0.717) is 24.5 Å². The number of likely N-dealkylation sites (N-methyl/N-ethyl adjacent to an activating group) is 1. The molecule has 0 radical (unpaired) electrons. The Hall–Kier alpha value is -3.27. The minimum Gasteiger partial charge on any atom is -0.454 e. The van der Waals surface area contributed by atoms with Crippen molar-refractivity contribution in [3.8, 4) is 11.5 Å². The van der Waals surface area contributed by atoms with Crippen LogP contribution in [0.5, 0.6) is 11.5 Å². The van der Waals surface area contributed by atoms with Crippen LogP contribution in [0.2, 0.25) is 0 Å². The molecule has 2 aromatic carbocycles. The Bertz CT molecular complexity index is 1150. The highest BCUT2D eigenvalue weighted by molar-refractivity contribution is 7.92. The number of hydrogen-bond acceptors (Lipinski definition) is 6. The van der Waals surface area contributed by atoms with Crippen LogP contribution in [0, 0.1) is 6.92 Å². The van der Waals surface area contributed by atoms with Gasteiger partial charge >= 0.3 is 0 Å². The van der Waals surface area contributed by atoms with E-state index in [2.05, 4.69) is 5.32 Å². The van der Waals surface area contributed by atoms with E-state index in [1.807, 2.05) is 45.0 Å². The summed E-state index contributed by atoms with van der Waals surface area (Å²) in [6.45, 7) is 5.77. The summed E-state index contributed by atoms with van der Waals surface area (Å²) in [7, 11) is -3.82. The molecule has 1 atom stereocenters. The van der Waals surface area contributed by atoms with Crippen LogP contribution in [-0.2, 0) is 26.2 Å². The molecule has 184 valence electrons. The molecule has 0 aliphatic carbocycles. The Morgan fingerprint density at radius 1 is 1.09 bits per heavy atom. The first-order valence-corrected chi connectivity index (χ1v) is 13.0. The molecule has 0 unspecified atom stereocenters. The summed E-state index contributed by atoms with van der Waals surface area (Å²) in [6.07, 6.45) is 1.42. The van der Waals surface area contributed by atoms with E-state index in [1.165, 1.54) is 11.0 Å². The van der Waals surface area contributed by atoms with Gasteiger partial charge in [0.05, 0.1) is 11.9 Å². The van der Waals surface area contributed by atoms with Crippen molar-refractivity contribution >= 4 is 27.5 Å². The number of ether oxygens (including phenoxy) is 2. The predicted octanol–water partition coefficient (Wildman–Crippen LogP) is 2.43. The van der Waals surface area contributed by atoms with Gasteiger partial charge in [0, 0.05) is 19.2 Å². The van der Waals surface area contributed by atoms with Crippen LogP contribution >= 0.6 is 0 Å². The number of benzene rings is 2. The first-order valence-electron chi connectivity index (χ1n) is 11.1. The lowest BCUT2D eigenvalue weighted by Crippen LogP contribution is -2.52. The maximum atomic E-state index is 13.6. The fourth-order valence-electron chi connectivity index (χ4n) is 3.87. The summed E-state index contributed by atoms with van der Waals surface area (Å²) >= 11 is 0. The predicted molar refractivity (Wildman–Crippen MR) is 129 cm³/mol. The van der Waals surface area contributed by atoms with Crippen LogP contribution in [0.4, 0.5) is 5.69 Å². The topological polar surface area (TPSA) is 105 Å². The van der Waals surface area contributed by atoms with E-state index >= 15 is 0 Å². The normalized spacial score (nSPS) is 13.3. The van der Waals surface area contributed by atoms with E-state index in [1.54, 1.807) is 12.1 Å². The zero-order chi connectivity index (χ0) is 24.9. The molecular weight excluding hydrogens is 458 g/mol. The van der Waals surface area contributed by atoms with Crippen molar-refractivity contribution in [1.29, 1.82) is 0 Å². The monoisotopic (exact) mass is 489 g/mol. The molecule has 0 spiro atoms. The zero-order valence-corrected chi connectivity index (χ0v) is 20.7. The number of carbonyl (C=O) groups is 2. The standard InChI is InChI=1S/C24H31N3O6S/c1-5-20(24(29)25-6-2)26(14-18-9-7-8-17(3)12-18)23(28)15-27(34(4,30)31)19-10-11-21-22(13-19)33-16-32-21/h7-13,20H,5-6,14-16H2,1-4H3,(H,25,29)/t20-/m1/s1. The van der Waals surface area contributed by atoms with Gasteiger partial charge in [0.2, 0.25) is 28.6 Å². The highest BCUT2D eigenvalue weighted by Gasteiger charge is 2.32. The first-order chi connectivity index (χ1) is 16.1. The van der Waals surface area contributed by atoms with E-state index < -0.39 is 28.5 Å². The van der Waals surface area contributed by atoms with Crippen LogP contribution < -0.4 is 19.1 Å². The number of aryl methyl sites for hydroxylation is 1. The van der Waals surface area contributed by atoms with Gasteiger partial charge in [0.15, 0.2) is 11.5 Å². The Morgan fingerprint density at radius 2 is 1.82 bits per heavy atom. The molecule has 1 heterocycles. The molecule has 9 nitrogen and oxygen atoms in total. The summed E-state index contributed by atoms with van der Waals surface area (Å²) in [4.78, 5) is 27.8. The molecule has 2 amide bonds. The average Bonchev–Trinajstić information content (AvgIpc) is 3.24. The second kappa shape index (κ2) is 10.8. The third kappa shape index (κ3) is 5.99. The van der Waals surface area contributed by atoms with Gasteiger partial charge in [-0.15, -0.1) is 0 Å². The van der Waals surface area contributed by atoms with Crippen LogP contribution in [0.3, 0.4) is 0 Å². The number of anilines is 1. The highest BCUT2D eigenvalue weighted by Crippen LogP contribution is 2.36. The Balaban J connectivity index is 1.94. The smallest absolute Gasteiger partial charge is 0.244 e. The van der Waals surface area contributed by atoms with Gasteiger partial charge in [-0.1, -0.05) is 36.8 Å². The van der Waals surface area contributed by atoms with Gasteiger partial charge in [0.25, 0.3) is 0 Å². The fourth-order valence-corrected chi connectivity index (χ4v) is 4.71. The SMILES string of the molecule is CCNC(=O)[C@@H](CC)N(Cc1cccc(C)c1)C(=O)CN(c1ccc2c(c1)OCO2)S(C)(=O)=O. The fraction of sp³-hybridized carbons (Fsp3) is 0.417. The third-order valence-electron chi connectivity index (χ3n) is 5.50. The summed E-state index contributed by atoms with van der Waals surface area (Å²) in [5, 5.41) is 2.78. The number of amides is 2. The van der Waals surface area contributed by atoms with Crippen LogP contribution in [0.1, 0.15) is 31.4 Å². The largest absolute Gasteiger partial charge is 0.454 e. The number of fused-ring (bicyclic) bond motifs is 1. The van der Waals surface area contributed by atoms with Gasteiger partial charge < -0.3 is 19.7 Å². The molecule has 0 fully saturated rings. The maximum Gasteiger partial charge on any atom is 0.244 e. The van der Waals surface area contributed by atoms with Crippen molar-refractivity contribution in [2.24, 2.45) is 0 Å². The maximum absolute atomic E-state index is 13.6. The van der Waals surface area contributed by atoms with Gasteiger partial charge in [-0.05, 0) is 38.0 Å². The number of nitrogens with zero attached hydrogens (tertiary/aromatic N) is 2. The second-order valence-corrected chi connectivity index (χ2v) is 10.0. The summed E-state index contributed by atoms with van der Waals surface area (Å²) in [5.41, 5.74) is 2.15. The molecule has 1 aliphatic heterocycles. The highest BCUT2D eigenvalue weighted by atomic mass is 32.2. The van der Waals surface area contributed by atoms with Gasteiger partial charge in [-0.2, -0.15) is 0 Å². The van der Waals surface area contributed by atoms with Crippen molar-refractivity contribution in [3.63, 3.8) is 0 Å². The first kappa shape index (κ1) is 25.4. The van der Waals surface area contributed by atoms with Crippen molar-refractivity contribution < 1.29 is 27.5 Å². The molecule has 0 saturated carbocycles. The van der Waals surface area contributed by atoms with Crippen molar-refractivity contribution in [2.75, 3.05) is 30.4 Å². The lowest BCUT2D eigenvalue weighted by Gasteiger charge is -2.32. The van der Waals surface area contributed by atoms with Crippen LogP contribution in [-0.4, -0.2) is 57.3 Å². The second-order valence-electron chi connectivity index (χ2n) is 8.14. The minimum absolute atomic E-state index is 0.0472. The minimum atomic E-state index is -3.82. The molecule has 10 heteroatoms. The van der Waals surface area contributed by atoms with Gasteiger partial charge in [-0.25, -0.2) is 8.42 Å². The Labute approximate surface area is 200 Å². The molecule has 1 aliphatic rings. The van der Waals surface area contributed by atoms with Crippen molar-refractivity contribution in [1.82, 2.24) is 10.2 Å². The Morgan fingerprint density at radius 3 is 2.47 bits per heavy atom. The van der Waals surface area contributed by atoms with Crippen LogP contribution in [0.25, 0.3) is 0 Å². The van der Waals surface area contributed by atoms with Gasteiger partial charge in [-0.3, -0.25) is 13.9 Å². The van der Waals surface area contributed by atoms with Crippen LogP contribution in [0.15, 0.2) is 42.5 Å². The number of hydrogen-bond donors (Lipinski definition) is 1. The number of sulfonamides is 1. The third-order valence-corrected chi connectivity index (χ3v) is 6.64. The molecule has 3 rings (SSSR count).